The summed E-state index contributed by atoms with van der Waals surface area (Å²) in [6, 6.07) is 8.89. The number of hydrogen-bond donors (Lipinski definition) is 0. The summed E-state index contributed by atoms with van der Waals surface area (Å²) in [5.41, 5.74) is -0.706. The summed E-state index contributed by atoms with van der Waals surface area (Å²) in [6.07, 6.45) is 3.14. The maximum Gasteiger partial charge on any atom is 0.335 e. The second kappa shape index (κ2) is 6.19. The van der Waals surface area contributed by atoms with Crippen LogP contribution in [-0.4, -0.2) is 17.5 Å². The highest BCUT2D eigenvalue weighted by molar-refractivity contribution is 5.85. The third kappa shape index (κ3) is 4.44. The number of para-hydroxylation sites is 1. The number of ether oxygens (including phenoxy) is 2. The van der Waals surface area contributed by atoms with Gasteiger partial charge in [0.1, 0.15) is 11.4 Å². The van der Waals surface area contributed by atoms with E-state index in [9.17, 15) is 9.59 Å². The van der Waals surface area contributed by atoms with Crippen LogP contribution in [0.1, 0.15) is 34.6 Å². The summed E-state index contributed by atoms with van der Waals surface area (Å²) >= 11 is 0. The number of hydrogen-bond acceptors (Lipinski definition) is 4. The van der Waals surface area contributed by atoms with Gasteiger partial charge in [0, 0.05) is 6.08 Å². The van der Waals surface area contributed by atoms with E-state index in [0.717, 1.165) is 0 Å². The third-order valence-corrected chi connectivity index (χ3v) is 3.97. The molecule has 0 radical (unpaired) electrons. The molecule has 124 valence electrons. The van der Waals surface area contributed by atoms with Gasteiger partial charge in [-0.15, -0.1) is 0 Å². The van der Waals surface area contributed by atoms with Crippen LogP contribution in [0.5, 0.6) is 5.75 Å². The van der Waals surface area contributed by atoms with Gasteiger partial charge in [0.15, 0.2) is 0 Å². The minimum atomic E-state index is -0.504. The zero-order valence-electron chi connectivity index (χ0n) is 14.3. The van der Waals surface area contributed by atoms with Crippen molar-refractivity contribution in [2.45, 2.75) is 40.2 Å². The zero-order chi connectivity index (χ0) is 17.3. The first-order valence-electron chi connectivity index (χ1n) is 7.79. The lowest BCUT2D eigenvalue weighted by Gasteiger charge is -2.19. The Kier molecular flexibility index (Phi) is 4.64. The quantitative estimate of drug-likeness (QED) is 0.482. The van der Waals surface area contributed by atoms with Gasteiger partial charge in [0.05, 0.1) is 5.92 Å². The van der Waals surface area contributed by atoms with Crippen LogP contribution in [0.15, 0.2) is 42.5 Å². The van der Waals surface area contributed by atoms with Crippen molar-refractivity contribution in [3.05, 3.63) is 42.5 Å². The van der Waals surface area contributed by atoms with Crippen LogP contribution in [0.4, 0.5) is 0 Å². The minimum Gasteiger partial charge on any atom is -0.460 e. The molecule has 1 aliphatic rings. The van der Waals surface area contributed by atoms with Gasteiger partial charge in [-0.2, -0.15) is 0 Å². The largest absolute Gasteiger partial charge is 0.460 e. The van der Waals surface area contributed by atoms with Crippen molar-refractivity contribution in [1.29, 1.82) is 0 Å². The minimum absolute atomic E-state index is 0.0133. The molecule has 0 spiro atoms. The number of rotatable bonds is 4. The van der Waals surface area contributed by atoms with Crippen LogP contribution in [0.25, 0.3) is 0 Å². The van der Waals surface area contributed by atoms with Gasteiger partial charge in [-0.25, -0.2) is 4.79 Å². The van der Waals surface area contributed by atoms with Crippen LogP contribution in [-0.2, 0) is 14.3 Å². The molecule has 2 atom stereocenters. The Balaban J connectivity index is 1.94. The van der Waals surface area contributed by atoms with Gasteiger partial charge in [-0.05, 0) is 44.2 Å². The van der Waals surface area contributed by atoms with Crippen molar-refractivity contribution in [3.63, 3.8) is 0 Å². The number of benzene rings is 1. The van der Waals surface area contributed by atoms with E-state index in [-0.39, 0.29) is 23.2 Å². The monoisotopic (exact) mass is 316 g/mol. The lowest BCUT2D eigenvalue weighted by atomic mass is 10.1. The van der Waals surface area contributed by atoms with Crippen molar-refractivity contribution in [2.24, 2.45) is 17.3 Å². The van der Waals surface area contributed by atoms with Crippen molar-refractivity contribution in [2.75, 3.05) is 0 Å². The molecule has 0 N–H and O–H groups in total. The maximum absolute atomic E-state index is 12.2. The highest BCUT2D eigenvalue weighted by Gasteiger charge is 2.61. The second-order valence-corrected chi connectivity index (χ2v) is 7.45. The average molecular weight is 316 g/mol. The normalized spacial score (nSPS) is 22.7. The van der Waals surface area contributed by atoms with E-state index in [1.807, 2.05) is 40.7 Å². The Labute approximate surface area is 137 Å². The van der Waals surface area contributed by atoms with Crippen molar-refractivity contribution < 1.29 is 19.1 Å². The molecule has 0 unspecified atom stereocenters. The zero-order valence-corrected chi connectivity index (χ0v) is 14.3. The molecular formula is C19H24O4. The fourth-order valence-electron chi connectivity index (χ4n) is 2.67. The molecule has 1 fully saturated rings. The van der Waals surface area contributed by atoms with E-state index < -0.39 is 11.6 Å². The molecule has 4 nitrogen and oxygen atoms in total. The number of carbonyl (C=O) groups is 2. The molecule has 0 aliphatic heterocycles. The SMILES string of the molecule is CC(C)(C)OC(=O)[C@@H]1[C@H](C=CC(=O)Oc2ccccc2)C1(C)C. The van der Waals surface area contributed by atoms with E-state index in [2.05, 4.69) is 0 Å². The summed E-state index contributed by atoms with van der Waals surface area (Å²) in [4.78, 5) is 24.0. The number of allylic oxidation sites excluding steroid dienone is 1. The Bertz CT molecular complexity index is 608. The van der Waals surface area contributed by atoms with E-state index in [4.69, 9.17) is 9.47 Å². The molecule has 1 aromatic carbocycles. The Morgan fingerprint density at radius 3 is 2.30 bits per heavy atom. The highest BCUT2D eigenvalue weighted by Crippen LogP contribution is 2.59. The average Bonchev–Trinajstić information content (AvgIpc) is 2.97. The maximum atomic E-state index is 12.2. The van der Waals surface area contributed by atoms with Crippen LogP contribution in [0.3, 0.4) is 0 Å². The molecule has 1 aromatic rings. The number of carbonyl (C=O) groups excluding carboxylic acids is 2. The summed E-state index contributed by atoms with van der Waals surface area (Å²) in [6.45, 7) is 9.55. The van der Waals surface area contributed by atoms with E-state index >= 15 is 0 Å². The van der Waals surface area contributed by atoms with Crippen LogP contribution in [0.2, 0.25) is 0 Å². The molecule has 4 heteroatoms. The van der Waals surface area contributed by atoms with Gasteiger partial charge < -0.3 is 9.47 Å². The lowest BCUT2D eigenvalue weighted by molar-refractivity contribution is -0.157. The molecule has 0 saturated heterocycles. The molecule has 1 saturated carbocycles. The lowest BCUT2D eigenvalue weighted by Crippen LogP contribution is -2.26. The second-order valence-electron chi connectivity index (χ2n) is 7.45. The van der Waals surface area contributed by atoms with Crippen molar-refractivity contribution in [3.8, 4) is 5.75 Å². The Morgan fingerprint density at radius 2 is 1.74 bits per heavy atom. The number of esters is 2. The van der Waals surface area contributed by atoms with Gasteiger partial charge in [0.2, 0.25) is 0 Å². The standard InChI is InChI=1S/C19H24O4/c1-18(2,3)23-17(21)16-14(19(16,4)5)11-12-15(20)22-13-9-7-6-8-10-13/h6-12,14,16H,1-5H3/t14-,16-/m0/s1. The first-order chi connectivity index (χ1) is 10.6. The fraction of sp³-hybridized carbons (Fsp3) is 0.474. The molecule has 0 amide bonds. The molecular weight excluding hydrogens is 292 g/mol. The molecule has 23 heavy (non-hydrogen) atoms. The Hall–Kier alpha value is -2.10. The van der Waals surface area contributed by atoms with Crippen LogP contribution in [0, 0.1) is 17.3 Å². The molecule has 0 aromatic heterocycles. The summed E-state index contributed by atoms with van der Waals surface area (Å²) in [7, 11) is 0. The molecule has 0 heterocycles. The van der Waals surface area contributed by atoms with Gasteiger partial charge in [-0.3, -0.25) is 4.79 Å². The predicted octanol–water partition coefficient (Wildman–Crippen LogP) is 3.76. The molecule has 0 bridgehead atoms. The highest BCUT2D eigenvalue weighted by atomic mass is 16.6. The van der Waals surface area contributed by atoms with Crippen LogP contribution >= 0.6 is 0 Å². The molecule has 1 aliphatic carbocycles. The fourth-order valence-corrected chi connectivity index (χ4v) is 2.67. The summed E-state index contributed by atoms with van der Waals surface area (Å²) in [5.74, 6) is -0.389. The van der Waals surface area contributed by atoms with Gasteiger partial charge in [0.25, 0.3) is 0 Å². The van der Waals surface area contributed by atoms with E-state index in [1.165, 1.54) is 6.08 Å². The van der Waals surface area contributed by atoms with Crippen molar-refractivity contribution in [1.82, 2.24) is 0 Å². The summed E-state index contributed by atoms with van der Waals surface area (Å²) < 4.78 is 10.6. The predicted molar refractivity (Wildman–Crippen MR) is 87.8 cm³/mol. The van der Waals surface area contributed by atoms with Gasteiger partial charge >= 0.3 is 11.9 Å². The topological polar surface area (TPSA) is 52.6 Å². The Morgan fingerprint density at radius 1 is 1.13 bits per heavy atom. The third-order valence-electron chi connectivity index (χ3n) is 3.97. The smallest absolute Gasteiger partial charge is 0.335 e. The van der Waals surface area contributed by atoms with E-state index in [1.54, 1.807) is 30.3 Å². The van der Waals surface area contributed by atoms with E-state index in [0.29, 0.717) is 5.75 Å². The van der Waals surface area contributed by atoms with Crippen LogP contribution < -0.4 is 4.74 Å². The summed E-state index contributed by atoms with van der Waals surface area (Å²) in [5, 5.41) is 0. The molecule has 2 rings (SSSR count). The van der Waals surface area contributed by atoms with Crippen molar-refractivity contribution >= 4 is 11.9 Å². The van der Waals surface area contributed by atoms with Gasteiger partial charge in [-0.1, -0.05) is 38.1 Å². The first-order valence-corrected chi connectivity index (χ1v) is 7.79. The first kappa shape index (κ1) is 17.3.